The molecule has 2 aromatic rings. The second-order valence-corrected chi connectivity index (χ2v) is 6.55. The van der Waals surface area contributed by atoms with Gasteiger partial charge in [-0.25, -0.2) is 0 Å². The molecular weight excluding hydrogens is 276 g/mol. The van der Waals surface area contributed by atoms with E-state index >= 15 is 0 Å². The number of Topliss-reactive ketones (excluding diaryl/α,β-unsaturated/α-hetero) is 2. The summed E-state index contributed by atoms with van der Waals surface area (Å²) < 4.78 is 5.98. The SMILES string of the molecule is CC1OC2=C(C(=O)C(=O)c3c2ccc2ccccc32)C1(C)C. The van der Waals surface area contributed by atoms with Crippen LogP contribution in [0, 0.1) is 5.41 Å². The van der Waals surface area contributed by atoms with E-state index in [1.165, 1.54) is 0 Å². The number of rotatable bonds is 0. The normalized spacial score (nSPS) is 22.6. The maximum atomic E-state index is 12.7. The topological polar surface area (TPSA) is 43.4 Å². The largest absolute Gasteiger partial charge is 0.489 e. The molecular formula is C19H16O3. The van der Waals surface area contributed by atoms with Gasteiger partial charge in [0.25, 0.3) is 0 Å². The molecule has 0 fully saturated rings. The fraction of sp³-hybridized carbons (Fsp3) is 0.263. The van der Waals surface area contributed by atoms with E-state index in [-0.39, 0.29) is 6.10 Å². The molecule has 1 aliphatic carbocycles. The van der Waals surface area contributed by atoms with Gasteiger partial charge >= 0.3 is 0 Å². The first-order chi connectivity index (χ1) is 10.4. The quantitative estimate of drug-likeness (QED) is 0.694. The second-order valence-electron chi connectivity index (χ2n) is 6.55. The number of fused-ring (bicyclic) bond motifs is 4. The molecule has 3 nitrogen and oxygen atoms in total. The zero-order valence-corrected chi connectivity index (χ0v) is 12.8. The van der Waals surface area contributed by atoms with Crippen LogP contribution in [0.3, 0.4) is 0 Å². The number of hydrogen-bond donors (Lipinski definition) is 0. The molecule has 3 heteroatoms. The summed E-state index contributed by atoms with van der Waals surface area (Å²) >= 11 is 0. The van der Waals surface area contributed by atoms with Gasteiger partial charge in [0, 0.05) is 16.5 Å². The Hall–Kier alpha value is -2.42. The number of hydrogen-bond acceptors (Lipinski definition) is 3. The van der Waals surface area contributed by atoms with Crippen LogP contribution in [0.5, 0.6) is 0 Å². The molecule has 0 aromatic heterocycles. The Bertz CT molecular complexity index is 887. The smallest absolute Gasteiger partial charge is 0.234 e. The molecule has 1 atom stereocenters. The minimum atomic E-state index is -0.453. The third-order valence-corrected chi connectivity index (χ3v) is 5.02. The van der Waals surface area contributed by atoms with Crippen molar-refractivity contribution >= 4 is 28.1 Å². The van der Waals surface area contributed by atoms with E-state index in [4.69, 9.17) is 4.74 Å². The van der Waals surface area contributed by atoms with Gasteiger partial charge in [0.2, 0.25) is 11.6 Å². The predicted octanol–water partition coefficient (Wildman–Crippen LogP) is 3.76. The Kier molecular flexibility index (Phi) is 2.45. The van der Waals surface area contributed by atoms with E-state index in [9.17, 15) is 9.59 Å². The van der Waals surface area contributed by atoms with Gasteiger partial charge < -0.3 is 4.74 Å². The van der Waals surface area contributed by atoms with Crippen LogP contribution in [0.25, 0.3) is 16.5 Å². The van der Waals surface area contributed by atoms with Crippen molar-refractivity contribution in [3.63, 3.8) is 0 Å². The fourth-order valence-electron chi connectivity index (χ4n) is 3.41. The van der Waals surface area contributed by atoms with E-state index in [0.29, 0.717) is 16.9 Å². The molecule has 22 heavy (non-hydrogen) atoms. The minimum absolute atomic E-state index is 0.133. The van der Waals surface area contributed by atoms with Gasteiger partial charge in [0.15, 0.2) is 0 Å². The predicted molar refractivity (Wildman–Crippen MR) is 84.5 cm³/mol. The Morgan fingerprint density at radius 2 is 1.73 bits per heavy atom. The van der Waals surface area contributed by atoms with Crippen LogP contribution in [-0.4, -0.2) is 17.7 Å². The summed E-state index contributed by atoms with van der Waals surface area (Å²) in [7, 11) is 0. The van der Waals surface area contributed by atoms with Crippen LogP contribution in [0.1, 0.15) is 36.7 Å². The van der Waals surface area contributed by atoms with Gasteiger partial charge in [0.05, 0.1) is 5.57 Å². The summed E-state index contributed by atoms with van der Waals surface area (Å²) in [5, 5.41) is 1.77. The molecule has 1 heterocycles. The molecule has 110 valence electrons. The van der Waals surface area contributed by atoms with Crippen LogP contribution in [0.2, 0.25) is 0 Å². The fourth-order valence-corrected chi connectivity index (χ4v) is 3.41. The maximum Gasteiger partial charge on any atom is 0.234 e. The number of ether oxygens (including phenoxy) is 1. The lowest BCUT2D eigenvalue weighted by Crippen LogP contribution is -2.32. The highest BCUT2D eigenvalue weighted by Gasteiger charge is 2.50. The number of carbonyl (C=O) groups excluding carboxylic acids is 2. The van der Waals surface area contributed by atoms with E-state index in [1.807, 2.05) is 57.2 Å². The van der Waals surface area contributed by atoms with Crippen molar-refractivity contribution in [3.8, 4) is 0 Å². The van der Waals surface area contributed by atoms with E-state index in [1.54, 1.807) is 0 Å². The molecule has 4 rings (SSSR count). The van der Waals surface area contributed by atoms with Gasteiger partial charge in [0.1, 0.15) is 11.9 Å². The molecule has 0 amide bonds. The van der Waals surface area contributed by atoms with E-state index < -0.39 is 17.0 Å². The Balaban J connectivity index is 2.11. The highest BCUT2D eigenvalue weighted by molar-refractivity contribution is 6.54. The van der Waals surface area contributed by atoms with Gasteiger partial charge in [-0.05, 0) is 23.8 Å². The van der Waals surface area contributed by atoms with Crippen molar-refractivity contribution in [2.45, 2.75) is 26.9 Å². The highest BCUT2D eigenvalue weighted by Crippen LogP contribution is 2.49. The van der Waals surface area contributed by atoms with Gasteiger partial charge in [-0.1, -0.05) is 44.2 Å². The zero-order valence-electron chi connectivity index (χ0n) is 12.8. The molecule has 2 aliphatic rings. The summed E-state index contributed by atoms with van der Waals surface area (Å²) in [6.45, 7) is 5.85. The molecule has 0 N–H and O–H groups in total. The maximum absolute atomic E-state index is 12.7. The minimum Gasteiger partial charge on any atom is -0.489 e. The van der Waals surface area contributed by atoms with Crippen molar-refractivity contribution in [1.29, 1.82) is 0 Å². The molecule has 0 radical (unpaired) electrons. The van der Waals surface area contributed by atoms with Crippen LogP contribution >= 0.6 is 0 Å². The molecule has 0 bridgehead atoms. The van der Waals surface area contributed by atoms with Crippen molar-refractivity contribution in [2.75, 3.05) is 0 Å². The lowest BCUT2D eigenvalue weighted by atomic mass is 9.73. The van der Waals surface area contributed by atoms with Crippen LogP contribution in [-0.2, 0) is 9.53 Å². The third kappa shape index (κ3) is 1.46. The molecule has 2 aromatic carbocycles. The Morgan fingerprint density at radius 1 is 1.00 bits per heavy atom. The van der Waals surface area contributed by atoms with Gasteiger partial charge in [-0.15, -0.1) is 0 Å². The van der Waals surface area contributed by atoms with Gasteiger partial charge in [-0.3, -0.25) is 9.59 Å². The van der Waals surface area contributed by atoms with E-state index in [2.05, 4.69) is 0 Å². The number of ketones is 2. The first kappa shape index (κ1) is 13.3. The summed E-state index contributed by atoms with van der Waals surface area (Å²) in [4.78, 5) is 25.4. The van der Waals surface area contributed by atoms with Crippen molar-refractivity contribution in [2.24, 2.45) is 5.41 Å². The second kappa shape index (κ2) is 4.07. The molecule has 1 aliphatic heterocycles. The summed E-state index contributed by atoms with van der Waals surface area (Å²) in [6, 6.07) is 11.5. The Labute approximate surface area is 128 Å². The van der Waals surface area contributed by atoms with Crippen LogP contribution < -0.4 is 0 Å². The summed E-state index contributed by atoms with van der Waals surface area (Å²) in [5.74, 6) is -0.257. The number of benzene rings is 2. The van der Waals surface area contributed by atoms with Crippen molar-refractivity contribution in [3.05, 3.63) is 53.1 Å². The standard InChI is InChI=1S/C19H16O3/c1-10-19(2,3)15-17(21)16(20)14-12-7-5-4-6-11(12)8-9-13(14)18(15)22-10/h4-10H,1-3H3. The molecule has 0 saturated heterocycles. The van der Waals surface area contributed by atoms with Crippen LogP contribution in [0.15, 0.2) is 42.0 Å². The molecule has 0 spiro atoms. The number of carbonyl (C=O) groups is 2. The third-order valence-electron chi connectivity index (χ3n) is 5.02. The highest BCUT2D eigenvalue weighted by atomic mass is 16.5. The van der Waals surface area contributed by atoms with Crippen molar-refractivity contribution < 1.29 is 14.3 Å². The van der Waals surface area contributed by atoms with Gasteiger partial charge in [-0.2, -0.15) is 0 Å². The zero-order chi connectivity index (χ0) is 15.6. The first-order valence-corrected chi connectivity index (χ1v) is 7.45. The lowest BCUT2D eigenvalue weighted by molar-refractivity contribution is -0.112. The summed E-state index contributed by atoms with van der Waals surface area (Å²) in [6.07, 6.45) is -0.133. The Morgan fingerprint density at radius 3 is 2.50 bits per heavy atom. The molecule has 1 unspecified atom stereocenters. The average molecular weight is 292 g/mol. The monoisotopic (exact) mass is 292 g/mol. The lowest BCUT2D eigenvalue weighted by Gasteiger charge is -2.24. The first-order valence-electron chi connectivity index (χ1n) is 7.45. The summed E-state index contributed by atoms with van der Waals surface area (Å²) in [5.41, 5.74) is 1.29. The van der Waals surface area contributed by atoms with Crippen LogP contribution in [0.4, 0.5) is 0 Å². The molecule has 0 saturated carbocycles. The average Bonchev–Trinajstić information content (AvgIpc) is 2.74. The van der Waals surface area contributed by atoms with E-state index in [0.717, 1.165) is 16.3 Å². The van der Waals surface area contributed by atoms with Crippen molar-refractivity contribution in [1.82, 2.24) is 0 Å².